The van der Waals surface area contributed by atoms with Gasteiger partial charge in [0.2, 0.25) is 5.91 Å². The minimum absolute atomic E-state index is 0.0260. The molecule has 86 valence electrons. The summed E-state index contributed by atoms with van der Waals surface area (Å²) in [5.74, 6) is 0.308. The van der Waals surface area contributed by atoms with Crippen LogP contribution < -0.4 is 5.73 Å². The summed E-state index contributed by atoms with van der Waals surface area (Å²) < 4.78 is 0. The number of amides is 1. The Kier molecular flexibility index (Phi) is 3.26. The molecule has 4 heteroatoms. The summed E-state index contributed by atoms with van der Waals surface area (Å²) in [7, 11) is 2.04. The molecular weight excluding hydrogens is 190 g/mol. The average molecular weight is 211 g/mol. The highest BCUT2D eigenvalue weighted by Crippen LogP contribution is 2.29. The average Bonchev–Trinajstić information content (AvgIpc) is 3.02. The SMILES string of the molecule is CN1CCCN(C2CC2)C(=O)C1CCN. The van der Waals surface area contributed by atoms with Gasteiger partial charge < -0.3 is 10.6 Å². The van der Waals surface area contributed by atoms with Crippen molar-refractivity contribution < 1.29 is 4.79 Å². The van der Waals surface area contributed by atoms with Gasteiger partial charge in [-0.05, 0) is 39.3 Å². The van der Waals surface area contributed by atoms with Crippen molar-refractivity contribution in [2.45, 2.75) is 37.8 Å². The van der Waals surface area contributed by atoms with Gasteiger partial charge in [-0.25, -0.2) is 0 Å². The van der Waals surface area contributed by atoms with Crippen LogP contribution in [0.5, 0.6) is 0 Å². The molecule has 1 saturated carbocycles. The molecule has 0 bridgehead atoms. The third-order valence-electron chi connectivity index (χ3n) is 3.44. The predicted octanol–water partition coefficient (Wildman–Crippen LogP) is 0.0303. The molecule has 2 aliphatic rings. The van der Waals surface area contributed by atoms with Crippen LogP contribution in [-0.4, -0.2) is 54.5 Å². The fourth-order valence-corrected chi connectivity index (χ4v) is 2.39. The van der Waals surface area contributed by atoms with Crippen molar-refractivity contribution in [1.82, 2.24) is 9.80 Å². The first kappa shape index (κ1) is 10.9. The third-order valence-corrected chi connectivity index (χ3v) is 3.44. The monoisotopic (exact) mass is 211 g/mol. The number of nitrogens with zero attached hydrogens (tertiary/aromatic N) is 2. The van der Waals surface area contributed by atoms with E-state index in [4.69, 9.17) is 5.73 Å². The quantitative estimate of drug-likeness (QED) is 0.716. The lowest BCUT2D eigenvalue weighted by molar-refractivity contribution is -0.135. The van der Waals surface area contributed by atoms with Gasteiger partial charge in [0.05, 0.1) is 6.04 Å². The fourth-order valence-electron chi connectivity index (χ4n) is 2.39. The van der Waals surface area contributed by atoms with Crippen molar-refractivity contribution in [1.29, 1.82) is 0 Å². The molecule has 1 unspecified atom stereocenters. The van der Waals surface area contributed by atoms with Gasteiger partial charge in [0.25, 0.3) is 0 Å². The van der Waals surface area contributed by atoms with E-state index in [-0.39, 0.29) is 6.04 Å². The highest BCUT2D eigenvalue weighted by Gasteiger charge is 2.38. The van der Waals surface area contributed by atoms with Crippen molar-refractivity contribution in [3.05, 3.63) is 0 Å². The molecule has 0 aromatic heterocycles. The van der Waals surface area contributed by atoms with E-state index in [1.807, 2.05) is 7.05 Å². The normalized spacial score (nSPS) is 29.3. The van der Waals surface area contributed by atoms with Crippen molar-refractivity contribution in [2.24, 2.45) is 5.73 Å². The second kappa shape index (κ2) is 4.49. The second-order valence-electron chi connectivity index (χ2n) is 4.69. The van der Waals surface area contributed by atoms with Gasteiger partial charge in [0, 0.05) is 19.1 Å². The molecule has 0 spiro atoms. The van der Waals surface area contributed by atoms with E-state index in [0.29, 0.717) is 18.5 Å². The highest BCUT2D eigenvalue weighted by molar-refractivity contribution is 5.82. The van der Waals surface area contributed by atoms with Crippen LogP contribution in [0.2, 0.25) is 0 Å². The highest BCUT2D eigenvalue weighted by atomic mass is 16.2. The molecule has 1 heterocycles. The van der Waals surface area contributed by atoms with Gasteiger partial charge in [-0.2, -0.15) is 0 Å². The number of rotatable bonds is 3. The van der Waals surface area contributed by atoms with E-state index in [2.05, 4.69) is 9.80 Å². The van der Waals surface area contributed by atoms with Crippen molar-refractivity contribution in [3.63, 3.8) is 0 Å². The van der Waals surface area contributed by atoms with Crippen LogP contribution >= 0.6 is 0 Å². The molecule has 15 heavy (non-hydrogen) atoms. The molecule has 1 amide bonds. The molecule has 0 aromatic rings. The zero-order valence-electron chi connectivity index (χ0n) is 9.48. The number of nitrogens with two attached hydrogens (primary N) is 1. The molecule has 1 atom stereocenters. The lowest BCUT2D eigenvalue weighted by Crippen LogP contribution is -2.46. The third kappa shape index (κ3) is 2.32. The molecule has 1 saturated heterocycles. The van der Waals surface area contributed by atoms with Crippen molar-refractivity contribution in [3.8, 4) is 0 Å². The molecule has 2 fully saturated rings. The zero-order chi connectivity index (χ0) is 10.8. The Morgan fingerprint density at radius 2 is 2.13 bits per heavy atom. The summed E-state index contributed by atoms with van der Waals surface area (Å²) in [5, 5.41) is 0. The van der Waals surface area contributed by atoms with Crippen molar-refractivity contribution in [2.75, 3.05) is 26.7 Å². The van der Waals surface area contributed by atoms with Crippen LogP contribution in [0.25, 0.3) is 0 Å². The first-order chi connectivity index (χ1) is 7.24. The fraction of sp³-hybridized carbons (Fsp3) is 0.909. The molecule has 2 rings (SSSR count). The second-order valence-corrected chi connectivity index (χ2v) is 4.69. The number of carbonyl (C=O) groups is 1. The molecule has 0 aromatic carbocycles. The molecule has 1 aliphatic carbocycles. The van der Waals surface area contributed by atoms with E-state index in [1.54, 1.807) is 0 Å². The van der Waals surface area contributed by atoms with E-state index in [0.717, 1.165) is 25.9 Å². The summed E-state index contributed by atoms with van der Waals surface area (Å²) in [4.78, 5) is 16.5. The zero-order valence-corrected chi connectivity index (χ0v) is 9.48. The van der Waals surface area contributed by atoms with Gasteiger partial charge >= 0.3 is 0 Å². The minimum atomic E-state index is 0.0260. The number of hydrogen-bond donors (Lipinski definition) is 1. The smallest absolute Gasteiger partial charge is 0.240 e. The Bertz CT molecular complexity index is 240. The van der Waals surface area contributed by atoms with Gasteiger partial charge in [-0.1, -0.05) is 0 Å². The number of hydrogen-bond acceptors (Lipinski definition) is 3. The number of carbonyl (C=O) groups excluding carboxylic acids is 1. The Balaban J connectivity index is 2.06. The van der Waals surface area contributed by atoms with Gasteiger partial charge in [0.1, 0.15) is 0 Å². The van der Waals surface area contributed by atoms with Crippen LogP contribution in [0, 0.1) is 0 Å². The van der Waals surface area contributed by atoms with Crippen LogP contribution in [-0.2, 0) is 4.79 Å². The van der Waals surface area contributed by atoms with Gasteiger partial charge in [0.15, 0.2) is 0 Å². The maximum atomic E-state index is 12.3. The van der Waals surface area contributed by atoms with Crippen LogP contribution in [0.4, 0.5) is 0 Å². The van der Waals surface area contributed by atoms with Gasteiger partial charge in [-0.15, -0.1) is 0 Å². The Labute approximate surface area is 91.4 Å². The Morgan fingerprint density at radius 3 is 2.73 bits per heavy atom. The maximum absolute atomic E-state index is 12.3. The van der Waals surface area contributed by atoms with E-state index >= 15 is 0 Å². The molecule has 2 N–H and O–H groups in total. The van der Waals surface area contributed by atoms with Crippen LogP contribution in [0.3, 0.4) is 0 Å². The maximum Gasteiger partial charge on any atom is 0.240 e. The van der Waals surface area contributed by atoms with E-state index in [9.17, 15) is 4.79 Å². The summed E-state index contributed by atoms with van der Waals surface area (Å²) in [6, 6.07) is 0.572. The number of likely N-dealkylation sites (N-methyl/N-ethyl adjacent to an activating group) is 1. The molecule has 4 nitrogen and oxygen atoms in total. The topological polar surface area (TPSA) is 49.6 Å². The first-order valence-electron chi connectivity index (χ1n) is 5.95. The summed E-state index contributed by atoms with van der Waals surface area (Å²) >= 11 is 0. The van der Waals surface area contributed by atoms with Crippen molar-refractivity contribution >= 4 is 5.91 Å². The van der Waals surface area contributed by atoms with Gasteiger partial charge in [-0.3, -0.25) is 9.69 Å². The summed E-state index contributed by atoms with van der Waals surface area (Å²) in [6.45, 7) is 2.55. The molecular formula is C11H21N3O. The lowest BCUT2D eigenvalue weighted by Gasteiger charge is -2.27. The Hall–Kier alpha value is -0.610. The predicted molar refractivity (Wildman–Crippen MR) is 59.4 cm³/mol. The Morgan fingerprint density at radius 1 is 1.40 bits per heavy atom. The largest absolute Gasteiger partial charge is 0.338 e. The van der Waals surface area contributed by atoms with E-state index in [1.165, 1.54) is 12.8 Å². The standard InChI is InChI=1S/C11H21N3O/c1-13-7-2-8-14(9-3-4-9)11(15)10(13)5-6-12/h9-10H,2-8,12H2,1H3. The molecule has 1 aliphatic heterocycles. The first-order valence-corrected chi connectivity index (χ1v) is 5.95. The lowest BCUT2D eigenvalue weighted by atomic mass is 10.1. The van der Waals surface area contributed by atoms with Crippen LogP contribution in [0.1, 0.15) is 25.7 Å². The molecule has 0 radical (unpaired) electrons. The van der Waals surface area contributed by atoms with Crippen LogP contribution in [0.15, 0.2) is 0 Å². The minimum Gasteiger partial charge on any atom is -0.338 e. The van der Waals surface area contributed by atoms with E-state index < -0.39 is 0 Å². The summed E-state index contributed by atoms with van der Waals surface area (Å²) in [5.41, 5.74) is 5.57. The summed E-state index contributed by atoms with van der Waals surface area (Å²) in [6.07, 6.45) is 4.29.